The van der Waals surface area contributed by atoms with Crippen molar-refractivity contribution in [1.82, 2.24) is 4.98 Å². The summed E-state index contributed by atoms with van der Waals surface area (Å²) in [5.41, 5.74) is 0.397. The molecule has 0 aromatic carbocycles. The topological polar surface area (TPSA) is 62.7 Å². The Hall–Kier alpha value is -1.49. The Morgan fingerprint density at radius 3 is 3.20 bits per heavy atom. The van der Waals surface area contributed by atoms with E-state index >= 15 is 0 Å². The van der Waals surface area contributed by atoms with Crippen molar-refractivity contribution in [2.45, 2.75) is 13.0 Å². The smallest absolute Gasteiger partial charge is 0.412 e. The minimum Gasteiger partial charge on any atom is -0.474 e. The van der Waals surface area contributed by atoms with Crippen LogP contribution in [0.15, 0.2) is 12.3 Å². The largest absolute Gasteiger partial charge is 0.474 e. The van der Waals surface area contributed by atoms with Gasteiger partial charge in [0, 0.05) is 6.20 Å². The molecule has 0 radical (unpaired) electrons. The van der Waals surface area contributed by atoms with Gasteiger partial charge in [-0.3, -0.25) is 4.90 Å². The number of rotatable bonds is 0. The van der Waals surface area contributed by atoms with E-state index in [2.05, 4.69) is 4.98 Å². The highest BCUT2D eigenvalue weighted by atomic mass is 35.5. The van der Waals surface area contributed by atoms with Gasteiger partial charge in [-0.05, 0) is 13.0 Å². The summed E-state index contributed by atoms with van der Waals surface area (Å²) in [7, 11) is 0. The highest BCUT2D eigenvalue weighted by Crippen LogP contribution is 2.33. The Morgan fingerprint density at radius 2 is 2.53 bits per heavy atom. The van der Waals surface area contributed by atoms with Crippen LogP contribution in [0.1, 0.15) is 6.92 Å². The van der Waals surface area contributed by atoms with E-state index in [1.54, 1.807) is 6.92 Å². The van der Waals surface area contributed by atoms with Crippen molar-refractivity contribution in [2.75, 3.05) is 11.5 Å². The van der Waals surface area contributed by atoms with Gasteiger partial charge in [-0.2, -0.15) is 0 Å². The first kappa shape index (κ1) is 10.0. The number of aromatic nitrogens is 1. The minimum atomic E-state index is -1.03. The molecule has 2 rings (SSSR count). The van der Waals surface area contributed by atoms with Crippen molar-refractivity contribution in [1.29, 1.82) is 0 Å². The van der Waals surface area contributed by atoms with Gasteiger partial charge in [0.25, 0.3) is 0 Å². The summed E-state index contributed by atoms with van der Waals surface area (Å²) in [6, 6.07) is 1.29. The molecule has 2 heterocycles. The summed E-state index contributed by atoms with van der Waals surface area (Å²) in [6.07, 6.45) is 0.396. The van der Waals surface area contributed by atoms with Gasteiger partial charge in [0.1, 0.15) is 12.3 Å². The molecule has 0 spiro atoms. The van der Waals surface area contributed by atoms with Gasteiger partial charge >= 0.3 is 6.09 Å². The number of pyridine rings is 1. The van der Waals surface area contributed by atoms with Crippen LogP contribution in [0.2, 0.25) is 5.02 Å². The van der Waals surface area contributed by atoms with Crippen LogP contribution in [-0.2, 0) is 0 Å². The molecule has 0 bridgehead atoms. The zero-order valence-electron chi connectivity index (χ0n) is 7.98. The molecule has 0 saturated carbocycles. The van der Waals surface area contributed by atoms with E-state index in [9.17, 15) is 4.79 Å². The normalized spacial score (nSPS) is 19.3. The first-order chi connectivity index (χ1) is 7.09. The lowest BCUT2D eigenvalue weighted by Crippen LogP contribution is -2.44. The monoisotopic (exact) mass is 228 g/mol. The van der Waals surface area contributed by atoms with Gasteiger partial charge in [0.2, 0.25) is 5.88 Å². The molecule has 5 nitrogen and oxygen atoms in total. The molecule has 0 fully saturated rings. The third kappa shape index (κ3) is 1.70. The van der Waals surface area contributed by atoms with Crippen molar-refractivity contribution in [3.8, 4) is 5.88 Å². The number of carbonyl (C=O) groups is 1. The van der Waals surface area contributed by atoms with E-state index in [1.807, 2.05) is 0 Å². The molecular formula is C9H9ClN2O3. The second kappa shape index (κ2) is 3.58. The Morgan fingerprint density at radius 1 is 1.80 bits per heavy atom. The van der Waals surface area contributed by atoms with Crippen LogP contribution in [0.3, 0.4) is 0 Å². The predicted octanol–water partition coefficient (Wildman–Crippen LogP) is 2.00. The van der Waals surface area contributed by atoms with Crippen LogP contribution in [0.25, 0.3) is 0 Å². The second-order valence-corrected chi connectivity index (χ2v) is 3.73. The standard InChI is InChI=1S/C9H9ClN2O3/c1-5-4-15-8-7(12(5)9(13)14)2-6(10)3-11-8/h2-3,5H,4H2,1H3,(H,13,14). The van der Waals surface area contributed by atoms with Crippen LogP contribution >= 0.6 is 11.6 Å². The number of ether oxygens (including phenoxy) is 1. The number of carboxylic acid groups (broad SMARTS) is 1. The SMILES string of the molecule is CC1COc2ncc(Cl)cc2N1C(=O)O. The molecule has 80 valence electrons. The lowest BCUT2D eigenvalue weighted by Gasteiger charge is -2.31. The fourth-order valence-electron chi connectivity index (χ4n) is 1.50. The summed E-state index contributed by atoms with van der Waals surface area (Å²) >= 11 is 5.76. The lowest BCUT2D eigenvalue weighted by molar-refractivity contribution is 0.188. The van der Waals surface area contributed by atoms with Gasteiger partial charge in [0.05, 0.1) is 11.1 Å². The maximum atomic E-state index is 11.0. The summed E-state index contributed by atoms with van der Waals surface area (Å²) in [4.78, 5) is 16.2. The van der Waals surface area contributed by atoms with Crippen molar-refractivity contribution < 1.29 is 14.6 Å². The first-order valence-electron chi connectivity index (χ1n) is 4.40. The summed E-state index contributed by atoms with van der Waals surface area (Å²) in [6.45, 7) is 2.06. The number of halogens is 1. The van der Waals surface area contributed by atoms with E-state index in [0.717, 1.165) is 0 Å². The molecule has 1 aromatic heterocycles. The Bertz CT molecular complexity index is 410. The number of hydrogen-bond donors (Lipinski definition) is 1. The minimum absolute atomic E-state index is 0.240. The van der Waals surface area contributed by atoms with Crippen LogP contribution in [0, 0.1) is 0 Å². The number of hydrogen-bond acceptors (Lipinski definition) is 3. The van der Waals surface area contributed by atoms with Crippen molar-refractivity contribution >= 4 is 23.4 Å². The number of anilines is 1. The van der Waals surface area contributed by atoms with Gasteiger partial charge < -0.3 is 9.84 Å². The van der Waals surface area contributed by atoms with Crippen LogP contribution in [0.5, 0.6) is 5.88 Å². The maximum Gasteiger partial charge on any atom is 0.412 e. The molecule has 1 aliphatic heterocycles. The summed E-state index contributed by atoms with van der Waals surface area (Å²) in [5, 5.41) is 9.43. The van der Waals surface area contributed by atoms with Gasteiger partial charge in [0.15, 0.2) is 0 Å². The highest BCUT2D eigenvalue weighted by Gasteiger charge is 2.30. The number of nitrogens with zero attached hydrogens (tertiary/aromatic N) is 2. The van der Waals surface area contributed by atoms with Crippen LogP contribution < -0.4 is 9.64 Å². The molecule has 15 heavy (non-hydrogen) atoms. The first-order valence-corrected chi connectivity index (χ1v) is 4.78. The number of amides is 1. The summed E-state index contributed by atoms with van der Waals surface area (Å²) < 4.78 is 5.30. The third-order valence-corrected chi connectivity index (χ3v) is 2.37. The van der Waals surface area contributed by atoms with E-state index in [0.29, 0.717) is 23.2 Å². The fourth-order valence-corrected chi connectivity index (χ4v) is 1.66. The Balaban J connectivity index is 2.50. The van der Waals surface area contributed by atoms with Gasteiger partial charge in [-0.15, -0.1) is 0 Å². The average molecular weight is 229 g/mol. The van der Waals surface area contributed by atoms with Gasteiger partial charge in [-0.1, -0.05) is 11.6 Å². The maximum absolute atomic E-state index is 11.0. The molecule has 1 atom stereocenters. The molecule has 6 heteroatoms. The molecular weight excluding hydrogens is 220 g/mol. The lowest BCUT2D eigenvalue weighted by atomic mass is 10.2. The Labute approximate surface area is 91.2 Å². The van der Waals surface area contributed by atoms with E-state index in [-0.39, 0.29) is 6.04 Å². The third-order valence-electron chi connectivity index (χ3n) is 2.17. The predicted molar refractivity (Wildman–Crippen MR) is 54.7 cm³/mol. The zero-order valence-corrected chi connectivity index (χ0v) is 8.73. The zero-order chi connectivity index (χ0) is 11.0. The molecule has 1 N–H and O–H groups in total. The van der Waals surface area contributed by atoms with E-state index in [4.69, 9.17) is 21.4 Å². The van der Waals surface area contributed by atoms with E-state index < -0.39 is 6.09 Å². The molecule has 1 aromatic rings. The quantitative estimate of drug-likeness (QED) is 0.738. The molecule has 1 aliphatic rings. The second-order valence-electron chi connectivity index (χ2n) is 3.29. The highest BCUT2D eigenvalue weighted by molar-refractivity contribution is 6.30. The molecule has 1 unspecified atom stereocenters. The fraction of sp³-hybridized carbons (Fsp3) is 0.333. The number of fused-ring (bicyclic) bond motifs is 1. The molecule has 0 aliphatic carbocycles. The average Bonchev–Trinajstić information content (AvgIpc) is 2.16. The Kier molecular flexibility index (Phi) is 2.40. The summed E-state index contributed by atoms with van der Waals surface area (Å²) in [5.74, 6) is 0.305. The van der Waals surface area contributed by atoms with Crippen LogP contribution in [-0.4, -0.2) is 28.8 Å². The van der Waals surface area contributed by atoms with Crippen molar-refractivity contribution in [3.63, 3.8) is 0 Å². The van der Waals surface area contributed by atoms with Crippen molar-refractivity contribution in [2.24, 2.45) is 0 Å². The van der Waals surface area contributed by atoms with Crippen LogP contribution in [0.4, 0.5) is 10.5 Å². The molecule has 0 saturated heterocycles. The van der Waals surface area contributed by atoms with Gasteiger partial charge in [-0.25, -0.2) is 9.78 Å². The van der Waals surface area contributed by atoms with E-state index in [1.165, 1.54) is 17.2 Å². The molecule has 1 amide bonds. The van der Waals surface area contributed by atoms with Crippen molar-refractivity contribution in [3.05, 3.63) is 17.3 Å².